The summed E-state index contributed by atoms with van der Waals surface area (Å²) in [6, 6.07) is 0. The van der Waals surface area contributed by atoms with E-state index in [0.29, 0.717) is 5.92 Å². The molecule has 0 amide bonds. The van der Waals surface area contributed by atoms with Crippen molar-refractivity contribution in [3.63, 3.8) is 0 Å². The van der Waals surface area contributed by atoms with Gasteiger partial charge in [0, 0.05) is 13.1 Å². The van der Waals surface area contributed by atoms with Gasteiger partial charge >= 0.3 is 0 Å². The van der Waals surface area contributed by atoms with Crippen LogP contribution >= 0.6 is 11.8 Å². The summed E-state index contributed by atoms with van der Waals surface area (Å²) in [6.07, 6.45) is 3.34. The molecule has 1 heterocycles. The van der Waals surface area contributed by atoms with Gasteiger partial charge in [-0.3, -0.25) is 0 Å². The maximum absolute atomic E-state index is 9.77. The number of aliphatic hydroxyl groups is 1. The van der Waals surface area contributed by atoms with Gasteiger partial charge in [0.1, 0.15) is 0 Å². The molecule has 1 fully saturated rings. The Balaban J connectivity index is 2.14. The Morgan fingerprint density at radius 2 is 2.20 bits per heavy atom. The summed E-state index contributed by atoms with van der Waals surface area (Å²) >= 11 is 2.03. The van der Waals surface area contributed by atoms with Gasteiger partial charge in [-0.05, 0) is 43.2 Å². The second-order valence-corrected chi connectivity index (χ2v) is 5.77. The molecule has 0 bridgehead atoms. The van der Waals surface area contributed by atoms with Crippen LogP contribution in [0.15, 0.2) is 0 Å². The highest BCUT2D eigenvalue weighted by molar-refractivity contribution is 7.99. The van der Waals surface area contributed by atoms with E-state index in [2.05, 4.69) is 18.7 Å². The van der Waals surface area contributed by atoms with Gasteiger partial charge < -0.3 is 10.0 Å². The Hall–Kier alpha value is 0.270. The lowest BCUT2D eigenvalue weighted by Gasteiger charge is -2.35. The third kappa shape index (κ3) is 4.75. The second-order valence-electron chi connectivity index (χ2n) is 4.38. The van der Waals surface area contributed by atoms with Crippen LogP contribution in [0, 0.1) is 5.92 Å². The number of aliphatic hydroxyl groups excluding tert-OH is 1. The Morgan fingerprint density at radius 3 is 2.87 bits per heavy atom. The Bertz CT molecular complexity index is 166. The average Bonchev–Trinajstić information content (AvgIpc) is 2.26. The lowest BCUT2D eigenvalue weighted by Crippen LogP contribution is -2.43. The average molecular weight is 231 g/mol. The molecule has 1 aliphatic heterocycles. The zero-order valence-electron chi connectivity index (χ0n) is 10.1. The third-order valence-electron chi connectivity index (χ3n) is 3.27. The van der Waals surface area contributed by atoms with Gasteiger partial charge in [-0.25, -0.2) is 0 Å². The zero-order valence-corrected chi connectivity index (χ0v) is 10.9. The normalized spacial score (nSPS) is 28.2. The Labute approximate surface area is 98.4 Å². The van der Waals surface area contributed by atoms with Crippen molar-refractivity contribution in [1.82, 2.24) is 4.90 Å². The van der Waals surface area contributed by atoms with Gasteiger partial charge in [0.05, 0.1) is 6.10 Å². The molecular formula is C12H25NOS. The van der Waals surface area contributed by atoms with Crippen molar-refractivity contribution in [2.45, 2.75) is 39.2 Å². The molecule has 1 saturated heterocycles. The fourth-order valence-electron chi connectivity index (χ4n) is 2.23. The van der Waals surface area contributed by atoms with Crippen LogP contribution in [-0.2, 0) is 0 Å². The summed E-state index contributed by atoms with van der Waals surface area (Å²) in [5.41, 5.74) is 0. The maximum Gasteiger partial charge on any atom is 0.0592 e. The first-order valence-corrected chi connectivity index (χ1v) is 7.41. The van der Waals surface area contributed by atoms with Crippen LogP contribution < -0.4 is 0 Å². The topological polar surface area (TPSA) is 23.5 Å². The van der Waals surface area contributed by atoms with E-state index >= 15 is 0 Å². The van der Waals surface area contributed by atoms with Crippen molar-refractivity contribution in [1.29, 1.82) is 0 Å². The molecule has 15 heavy (non-hydrogen) atoms. The van der Waals surface area contributed by atoms with Crippen LogP contribution in [0.5, 0.6) is 0 Å². The van der Waals surface area contributed by atoms with Crippen molar-refractivity contribution in [2.75, 3.05) is 31.1 Å². The van der Waals surface area contributed by atoms with E-state index in [4.69, 9.17) is 0 Å². The van der Waals surface area contributed by atoms with Crippen LogP contribution in [0.2, 0.25) is 0 Å². The number of likely N-dealkylation sites (tertiary alicyclic amines) is 1. The maximum atomic E-state index is 9.77. The van der Waals surface area contributed by atoms with Crippen molar-refractivity contribution < 1.29 is 5.11 Å². The van der Waals surface area contributed by atoms with Crippen LogP contribution in [0.1, 0.15) is 33.1 Å². The SMILES string of the molecule is CCSCCCN1CCC(O)C(CC)C1. The standard InChI is InChI=1S/C12H25NOS/c1-3-11-10-13(8-6-12(11)14)7-5-9-15-4-2/h11-12,14H,3-10H2,1-2H3. The van der Waals surface area contributed by atoms with Crippen molar-refractivity contribution in [3.05, 3.63) is 0 Å². The Kier molecular flexibility index (Phi) is 6.69. The van der Waals surface area contributed by atoms with Crippen molar-refractivity contribution >= 4 is 11.8 Å². The molecule has 0 radical (unpaired) electrons. The highest BCUT2D eigenvalue weighted by Gasteiger charge is 2.25. The summed E-state index contributed by atoms with van der Waals surface area (Å²) in [7, 11) is 0. The number of hydrogen-bond acceptors (Lipinski definition) is 3. The smallest absolute Gasteiger partial charge is 0.0592 e. The summed E-state index contributed by atoms with van der Waals surface area (Å²) in [6.45, 7) is 7.82. The number of thioether (sulfide) groups is 1. The third-order valence-corrected chi connectivity index (χ3v) is 4.26. The first-order chi connectivity index (χ1) is 7.27. The molecule has 0 spiro atoms. The molecule has 1 N–H and O–H groups in total. The monoisotopic (exact) mass is 231 g/mol. The van der Waals surface area contributed by atoms with Crippen molar-refractivity contribution in [3.8, 4) is 0 Å². The molecular weight excluding hydrogens is 206 g/mol. The van der Waals surface area contributed by atoms with E-state index in [1.54, 1.807) is 0 Å². The quantitative estimate of drug-likeness (QED) is 0.709. The molecule has 2 atom stereocenters. The van der Waals surface area contributed by atoms with Gasteiger partial charge in [0.2, 0.25) is 0 Å². The van der Waals surface area contributed by atoms with E-state index in [1.807, 2.05) is 11.8 Å². The summed E-state index contributed by atoms with van der Waals surface area (Å²) < 4.78 is 0. The first kappa shape index (κ1) is 13.3. The van der Waals surface area contributed by atoms with Gasteiger partial charge in [-0.2, -0.15) is 11.8 Å². The van der Waals surface area contributed by atoms with Gasteiger partial charge in [0.15, 0.2) is 0 Å². The molecule has 0 aromatic carbocycles. The fourth-order valence-corrected chi connectivity index (χ4v) is 2.86. The Morgan fingerprint density at radius 1 is 1.40 bits per heavy atom. The fraction of sp³-hybridized carbons (Fsp3) is 1.00. The summed E-state index contributed by atoms with van der Waals surface area (Å²) in [5.74, 6) is 3.03. The number of rotatable bonds is 6. The number of piperidine rings is 1. The summed E-state index contributed by atoms with van der Waals surface area (Å²) in [5, 5.41) is 9.77. The number of hydrogen-bond donors (Lipinski definition) is 1. The minimum absolute atomic E-state index is 0.0451. The van der Waals surface area contributed by atoms with Crippen LogP contribution in [0.3, 0.4) is 0 Å². The van der Waals surface area contributed by atoms with E-state index in [9.17, 15) is 5.11 Å². The largest absolute Gasteiger partial charge is 0.393 e. The van der Waals surface area contributed by atoms with Crippen LogP contribution in [0.4, 0.5) is 0 Å². The van der Waals surface area contributed by atoms with E-state index in [0.717, 1.165) is 25.9 Å². The molecule has 2 nitrogen and oxygen atoms in total. The van der Waals surface area contributed by atoms with Gasteiger partial charge in [0.25, 0.3) is 0 Å². The predicted octanol–water partition coefficient (Wildman–Crippen LogP) is 2.22. The lowest BCUT2D eigenvalue weighted by molar-refractivity contribution is 0.0254. The molecule has 2 unspecified atom stereocenters. The second kappa shape index (κ2) is 7.53. The molecule has 0 saturated carbocycles. The lowest BCUT2D eigenvalue weighted by atomic mass is 9.92. The van der Waals surface area contributed by atoms with Crippen LogP contribution in [0.25, 0.3) is 0 Å². The zero-order chi connectivity index (χ0) is 11.1. The molecule has 0 aromatic heterocycles. The molecule has 0 aromatic rings. The molecule has 1 aliphatic rings. The molecule has 3 heteroatoms. The molecule has 90 valence electrons. The molecule has 0 aliphatic carbocycles. The number of nitrogens with zero attached hydrogens (tertiary/aromatic N) is 1. The van der Waals surface area contributed by atoms with E-state index in [-0.39, 0.29) is 6.10 Å². The van der Waals surface area contributed by atoms with Gasteiger partial charge in [-0.15, -0.1) is 0 Å². The first-order valence-electron chi connectivity index (χ1n) is 6.26. The van der Waals surface area contributed by atoms with Gasteiger partial charge in [-0.1, -0.05) is 13.8 Å². The van der Waals surface area contributed by atoms with E-state index < -0.39 is 0 Å². The highest BCUT2D eigenvalue weighted by Crippen LogP contribution is 2.20. The highest BCUT2D eigenvalue weighted by atomic mass is 32.2. The predicted molar refractivity (Wildman–Crippen MR) is 68.5 cm³/mol. The summed E-state index contributed by atoms with van der Waals surface area (Å²) in [4.78, 5) is 2.52. The minimum atomic E-state index is -0.0451. The van der Waals surface area contributed by atoms with Crippen molar-refractivity contribution in [2.24, 2.45) is 5.92 Å². The molecule has 1 rings (SSSR count). The van der Waals surface area contributed by atoms with Crippen LogP contribution in [-0.4, -0.2) is 47.3 Å². The minimum Gasteiger partial charge on any atom is -0.393 e. The van der Waals surface area contributed by atoms with E-state index in [1.165, 1.54) is 24.5 Å².